The van der Waals surface area contributed by atoms with Crippen LogP contribution in [0.15, 0.2) is 60.8 Å². The third-order valence-corrected chi connectivity index (χ3v) is 7.04. The largest absolute Gasteiger partial charge is 0.418 e. The van der Waals surface area contributed by atoms with E-state index >= 15 is 0 Å². The second-order valence-corrected chi connectivity index (χ2v) is 9.99. The summed E-state index contributed by atoms with van der Waals surface area (Å²) in [6.45, 7) is 2.34. The first-order valence-corrected chi connectivity index (χ1v) is 13.2. The summed E-state index contributed by atoms with van der Waals surface area (Å²) in [7, 11) is 0. The Morgan fingerprint density at radius 3 is 2.32 bits per heavy atom. The molecular formula is C29H27F6N5O. The Hall–Kier alpha value is -3.77. The van der Waals surface area contributed by atoms with Crippen molar-refractivity contribution < 1.29 is 31.4 Å². The number of fused-ring (bicyclic) bond motifs is 1. The van der Waals surface area contributed by atoms with Crippen molar-refractivity contribution in [3.05, 3.63) is 77.7 Å². The molecule has 2 aromatic carbocycles. The number of anilines is 2. The molecule has 2 aromatic heterocycles. The van der Waals surface area contributed by atoms with Gasteiger partial charge in [-0.3, -0.25) is 4.98 Å². The number of alkyl halides is 6. The van der Waals surface area contributed by atoms with E-state index in [4.69, 9.17) is 0 Å². The zero-order valence-corrected chi connectivity index (χ0v) is 21.8. The average molecular weight is 576 g/mol. The molecule has 41 heavy (non-hydrogen) atoms. The second-order valence-electron chi connectivity index (χ2n) is 9.99. The van der Waals surface area contributed by atoms with Crippen molar-refractivity contribution in [1.29, 1.82) is 0 Å². The molecule has 0 aliphatic carbocycles. The molecule has 12 heteroatoms. The van der Waals surface area contributed by atoms with Gasteiger partial charge in [-0.15, -0.1) is 0 Å². The molecule has 216 valence electrons. The fourth-order valence-corrected chi connectivity index (χ4v) is 4.88. The van der Waals surface area contributed by atoms with Gasteiger partial charge in [-0.25, -0.2) is 9.97 Å². The lowest BCUT2D eigenvalue weighted by Gasteiger charge is -2.29. The summed E-state index contributed by atoms with van der Waals surface area (Å²) >= 11 is 0. The zero-order valence-electron chi connectivity index (χ0n) is 21.8. The van der Waals surface area contributed by atoms with Crippen molar-refractivity contribution in [2.45, 2.75) is 44.1 Å². The van der Waals surface area contributed by atoms with Crippen LogP contribution < -0.4 is 5.32 Å². The highest BCUT2D eigenvalue weighted by Crippen LogP contribution is 2.37. The van der Waals surface area contributed by atoms with Crippen LogP contribution in [-0.4, -0.2) is 50.7 Å². The molecule has 4 aromatic rings. The van der Waals surface area contributed by atoms with Gasteiger partial charge in [0.1, 0.15) is 11.6 Å². The first-order valence-electron chi connectivity index (χ1n) is 13.2. The lowest BCUT2D eigenvalue weighted by atomic mass is 10.0. The highest BCUT2D eigenvalue weighted by atomic mass is 19.4. The van der Waals surface area contributed by atoms with E-state index in [1.807, 2.05) is 0 Å². The van der Waals surface area contributed by atoms with Crippen LogP contribution in [-0.2, 0) is 18.8 Å². The molecule has 0 atom stereocenters. The summed E-state index contributed by atoms with van der Waals surface area (Å²) in [6, 6.07) is 11.3. The van der Waals surface area contributed by atoms with Crippen molar-refractivity contribution in [3.63, 3.8) is 0 Å². The van der Waals surface area contributed by atoms with Crippen LogP contribution in [0.1, 0.15) is 36.2 Å². The van der Waals surface area contributed by atoms with Gasteiger partial charge in [0.25, 0.3) is 0 Å². The van der Waals surface area contributed by atoms with Crippen molar-refractivity contribution in [3.8, 4) is 11.3 Å². The minimum Gasteiger partial charge on any atom is -0.393 e. The fraction of sp³-hybridized carbons (Fsp3) is 0.345. The Morgan fingerprint density at radius 1 is 0.902 bits per heavy atom. The van der Waals surface area contributed by atoms with Gasteiger partial charge >= 0.3 is 12.4 Å². The molecule has 1 aliphatic heterocycles. The number of hydrogen-bond donors (Lipinski definition) is 2. The van der Waals surface area contributed by atoms with E-state index in [1.165, 1.54) is 36.5 Å². The number of nitrogens with zero attached hydrogens (tertiary/aromatic N) is 4. The summed E-state index contributed by atoms with van der Waals surface area (Å²) in [5, 5.41) is 13.3. The Labute approximate surface area is 232 Å². The van der Waals surface area contributed by atoms with Crippen LogP contribution >= 0.6 is 0 Å². The Morgan fingerprint density at radius 2 is 1.63 bits per heavy atom. The Bertz CT molecular complexity index is 1500. The molecule has 0 spiro atoms. The number of pyridine rings is 1. The number of hydrogen-bond acceptors (Lipinski definition) is 6. The number of halogens is 6. The quantitative estimate of drug-likeness (QED) is 0.235. The number of aryl methyl sites for hydroxylation is 1. The molecule has 0 amide bonds. The number of aliphatic hydroxyl groups excluding tert-OH is 1. The van der Waals surface area contributed by atoms with E-state index < -0.39 is 23.5 Å². The van der Waals surface area contributed by atoms with Crippen LogP contribution in [0.2, 0.25) is 0 Å². The van der Waals surface area contributed by atoms with E-state index in [1.54, 1.807) is 6.07 Å². The van der Waals surface area contributed by atoms with E-state index in [0.717, 1.165) is 37.8 Å². The number of nitrogens with one attached hydrogen (secondary N) is 1. The van der Waals surface area contributed by atoms with Gasteiger partial charge in [0.05, 0.1) is 28.4 Å². The van der Waals surface area contributed by atoms with E-state index in [-0.39, 0.29) is 17.4 Å². The van der Waals surface area contributed by atoms with Crippen LogP contribution in [0, 0.1) is 0 Å². The Kier molecular flexibility index (Phi) is 8.14. The van der Waals surface area contributed by atoms with Crippen LogP contribution in [0.25, 0.3) is 22.2 Å². The van der Waals surface area contributed by atoms with Crippen LogP contribution in [0.5, 0.6) is 0 Å². The molecule has 1 aliphatic rings. The van der Waals surface area contributed by atoms with E-state index in [0.29, 0.717) is 53.9 Å². The maximum atomic E-state index is 13.7. The molecule has 1 fully saturated rings. The molecule has 0 radical (unpaired) electrons. The molecule has 5 rings (SSSR count). The molecule has 0 saturated carbocycles. The van der Waals surface area contributed by atoms with Gasteiger partial charge in [-0.2, -0.15) is 26.3 Å². The normalized spacial score (nSPS) is 15.4. The number of aromatic nitrogens is 3. The highest BCUT2D eigenvalue weighted by molar-refractivity contribution is 5.93. The number of aliphatic hydroxyl groups is 1. The average Bonchev–Trinajstić information content (AvgIpc) is 2.93. The highest BCUT2D eigenvalue weighted by Gasteiger charge is 2.34. The molecule has 3 heterocycles. The van der Waals surface area contributed by atoms with Crippen molar-refractivity contribution >= 4 is 22.4 Å². The molecule has 1 saturated heterocycles. The maximum Gasteiger partial charge on any atom is 0.418 e. The molecule has 0 bridgehead atoms. The summed E-state index contributed by atoms with van der Waals surface area (Å²) in [5.41, 5.74) is -0.926. The number of piperidine rings is 1. The van der Waals surface area contributed by atoms with E-state index in [9.17, 15) is 31.4 Å². The number of rotatable bonds is 7. The minimum atomic E-state index is -4.60. The summed E-state index contributed by atoms with van der Waals surface area (Å²) in [6.07, 6.45) is -5.46. The fourth-order valence-electron chi connectivity index (χ4n) is 4.88. The topological polar surface area (TPSA) is 74.2 Å². The second kappa shape index (κ2) is 11.6. The van der Waals surface area contributed by atoms with Gasteiger partial charge < -0.3 is 15.3 Å². The van der Waals surface area contributed by atoms with Gasteiger partial charge in [0.15, 0.2) is 0 Å². The van der Waals surface area contributed by atoms with Gasteiger partial charge in [0, 0.05) is 42.3 Å². The van der Waals surface area contributed by atoms with Gasteiger partial charge in [-0.1, -0.05) is 6.07 Å². The SMILES string of the molecule is OC1CCN(CCCc2nc(Nc3ccc(C(F)(F)F)cc3)c3ccc(-c4ncccc4C(F)(F)F)cc3n2)CC1. The standard InChI is InChI=1S/C29H27F6N5O/c30-28(31,32)19-6-8-20(9-7-19)37-27-22-10-5-18(26-23(29(33,34)35)3-1-13-36-26)17-24(22)38-25(39-27)4-2-14-40-15-11-21(41)12-16-40/h1,3,5-10,13,17,21,41H,2,4,11-12,14-16H2,(H,37,38,39). The van der Waals surface area contributed by atoms with Gasteiger partial charge in [0.2, 0.25) is 0 Å². The molecule has 2 N–H and O–H groups in total. The molecule has 0 unspecified atom stereocenters. The summed E-state index contributed by atoms with van der Waals surface area (Å²) < 4.78 is 80.1. The third kappa shape index (κ3) is 6.94. The number of benzene rings is 2. The van der Waals surface area contributed by atoms with Crippen molar-refractivity contribution in [2.75, 3.05) is 25.0 Å². The smallest absolute Gasteiger partial charge is 0.393 e. The Balaban J connectivity index is 1.48. The van der Waals surface area contributed by atoms with E-state index in [2.05, 4.69) is 25.2 Å². The summed E-state index contributed by atoms with van der Waals surface area (Å²) in [4.78, 5) is 15.5. The molecular weight excluding hydrogens is 548 g/mol. The van der Waals surface area contributed by atoms with Crippen LogP contribution in [0.3, 0.4) is 0 Å². The van der Waals surface area contributed by atoms with Gasteiger partial charge in [-0.05, 0) is 74.3 Å². The maximum absolute atomic E-state index is 13.7. The summed E-state index contributed by atoms with van der Waals surface area (Å²) in [5.74, 6) is 0.771. The predicted molar refractivity (Wildman–Crippen MR) is 142 cm³/mol. The lowest BCUT2D eigenvalue weighted by Crippen LogP contribution is -2.36. The van der Waals surface area contributed by atoms with Crippen molar-refractivity contribution in [1.82, 2.24) is 19.9 Å². The first-order chi connectivity index (χ1) is 19.5. The monoisotopic (exact) mass is 575 g/mol. The minimum absolute atomic E-state index is 0.224. The zero-order chi connectivity index (χ0) is 29.2. The first kappa shape index (κ1) is 28.7. The van der Waals surface area contributed by atoms with Crippen molar-refractivity contribution in [2.24, 2.45) is 0 Å². The third-order valence-electron chi connectivity index (χ3n) is 7.04. The predicted octanol–water partition coefficient (Wildman–Crippen LogP) is 6.86. The number of likely N-dealkylation sites (tertiary alicyclic amines) is 1. The van der Waals surface area contributed by atoms with Crippen LogP contribution in [0.4, 0.5) is 37.8 Å². The molecule has 6 nitrogen and oxygen atoms in total. The lowest BCUT2D eigenvalue weighted by molar-refractivity contribution is -0.138.